The maximum Gasteiger partial charge on any atom is 0.414 e. The van der Waals surface area contributed by atoms with Crippen LogP contribution in [-0.2, 0) is 21.0 Å². The summed E-state index contributed by atoms with van der Waals surface area (Å²) in [5, 5.41) is 48.9. The van der Waals surface area contributed by atoms with Gasteiger partial charge in [-0.05, 0) is 18.2 Å². The lowest BCUT2D eigenvalue weighted by Gasteiger charge is -2.14. The van der Waals surface area contributed by atoms with Crippen LogP contribution in [0.5, 0.6) is 11.5 Å². The van der Waals surface area contributed by atoms with Crippen molar-refractivity contribution in [2.24, 2.45) is 5.92 Å². The molecule has 11 heteroatoms. The van der Waals surface area contributed by atoms with E-state index < -0.39 is 18.0 Å². The van der Waals surface area contributed by atoms with Gasteiger partial charge in [0.15, 0.2) is 0 Å². The molecule has 1 aromatic carbocycles. The van der Waals surface area contributed by atoms with Crippen molar-refractivity contribution < 1.29 is 44.7 Å². The van der Waals surface area contributed by atoms with Gasteiger partial charge in [0.05, 0.1) is 6.61 Å². The Bertz CT molecular complexity index is 653. The Kier molecular flexibility index (Phi) is 12.7. The van der Waals surface area contributed by atoms with Crippen molar-refractivity contribution in [2.75, 3.05) is 26.2 Å². The van der Waals surface area contributed by atoms with E-state index in [9.17, 15) is 15.0 Å². The molecule has 1 rings (SSSR count). The fourth-order valence-corrected chi connectivity index (χ4v) is 1.78. The number of aliphatic carboxylic acids is 2. The molecule has 0 aliphatic heterocycles. The molecule has 1 unspecified atom stereocenters. The van der Waals surface area contributed by atoms with E-state index in [1.165, 1.54) is 12.1 Å². The molecule has 164 valence electrons. The van der Waals surface area contributed by atoms with Crippen LogP contribution >= 0.6 is 0 Å². The van der Waals surface area contributed by atoms with Gasteiger partial charge in [0.2, 0.25) is 5.91 Å². The van der Waals surface area contributed by atoms with Crippen molar-refractivity contribution in [1.29, 1.82) is 0 Å². The molecule has 0 aromatic heterocycles. The SMILES string of the molecule is CC(C)C(=O)NCCNCC(O)COc1ccc(O)c(CO)c1.O=C(O)C(=O)O. The summed E-state index contributed by atoms with van der Waals surface area (Å²) in [4.78, 5) is 29.5. The highest BCUT2D eigenvalue weighted by atomic mass is 16.5. The molecule has 1 atom stereocenters. The number of rotatable bonds is 10. The minimum Gasteiger partial charge on any atom is -0.508 e. The van der Waals surface area contributed by atoms with Crippen LogP contribution in [0, 0.1) is 5.92 Å². The van der Waals surface area contributed by atoms with Gasteiger partial charge in [-0.1, -0.05) is 13.8 Å². The van der Waals surface area contributed by atoms with Crippen LogP contribution in [0.2, 0.25) is 0 Å². The van der Waals surface area contributed by atoms with E-state index in [1.807, 2.05) is 13.8 Å². The maximum atomic E-state index is 11.3. The fraction of sp³-hybridized carbons (Fsp3) is 0.500. The Balaban J connectivity index is 0.00000113. The van der Waals surface area contributed by atoms with E-state index in [1.54, 1.807) is 6.07 Å². The van der Waals surface area contributed by atoms with E-state index in [2.05, 4.69) is 10.6 Å². The first-order valence-corrected chi connectivity index (χ1v) is 8.76. The zero-order valence-corrected chi connectivity index (χ0v) is 16.3. The molecule has 0 bridgehead atoms. The molecule has 0 aliphatic rings. The summed E-state index contributed by atoms with van der Waals surface area (Å²) >= 11 is 0. The molecule has 1 amide bonds. The van der Waals surface area contributed by atoms with Crippen molar-refractivity contribution in [3.63, 3.8) is 0 Å². The van der Waals surface area contributed by atoms with Crippen LogP contribution in [0.3, 0.4) is 0 Å². The molecule has 7 N–H and O–H groups in total. The van der Waals surface area contributed by atoms with Gasteiger partial charge in [-0.15, -0.1) is 0 Å². The first kappa shape index (κ1) is 26.1. The van der Waals surface area contributed by atoms with Crippen LogP contribution in [0.4, 0.5) is 0 Å². The molecule has 11 nitrogen and oxygen atoms in total. The van der Waals surface area contributed by atoms with E-state index in [4.69, 9.17) is 29.6 Å². The third kappa shape index (κ3) is 12.2. The normalized spacial score (nSPS) is 11.2. The van der Waals surface area contributed by atoms with Crippen LogP contribution in [0.15, 0.2) is 18.2 Å². The third-order valence-electron chi connectivity index (χ3n) is 3.35. The van der Waals surface area contributed by atoms with Gasteiger partial charge in [-0.25, -0.2) is 9.59 Å². The average Bonchev–Trinajstić information content (AvgIpc) is 2.67. The summed E-state index contributed by atoms with van der Waals surface area (Å²) in [6, 6.07) is 4.52. The Labute approximate surface area is 167 Å². The molecule has 0 saturated carbocycles. The number of amides is 1. The van der Waals surface area contributed by atoms with Crippen molar-refractivity contribution >= 4 is 17.8 Å². The minimum absolute atomic E-state index is 0.00250. The average molecular weight is 416 g/mol. The second-order valence-corrected chi connectivity index (χ2v) is 6.17. The molecule has 0 radical (unpaired) electrons. The number of ether oxygens (including phenoxy) is 1. The van der Waals surface area contributed by atoms with Crippen molar-refractivity contribution in [3.05, 3.63) is 23.8 Å². The van der Waals surface area contributed by atoms with Gasteiger partial charge in [-0.3, -0.25) is 4.79 Å². The first-order valence-electron chi connectivity index (χ1n) is 8.76. The van der Waals surface area contributed by atoms with Crippen molar-refractivity contribution in [2.45, 2.75) is 26.6 Å². The smallest absolute Gasteiger partial charge is 0.414 e. The Morgan fingerprint density at radius 3 is 2.24 bits per heavy atom. The van der Waals surface area contributed by atoms with Gasteiger partial charge in [-0.2, -0.15) is 0 Å². The van der Waals surface area contributed by atoms with Crippen molar-refractivity contribution in [3.8, 4) is 11.5 Å². The predicted octanol–water partition coefficient (Wildman–Crippen LogP) is -0.858. The largest absolute Gasteiger partial charge is 0.508 e. The van der Waals surface area contributed by atoms with E-state index in [0.29, 0.717) is 30.9 Å². The molecular formula is C18H28N2O9. The number of aromatic hydroxyl groups is 1. The fourth-order valence-electron chi connectivity index (χ4n) is 1.78. The van der Waals surface area contributed by atoms with Gasteiger partial charge >= 0.3 is 11.9 Å². The number of carbonyl (C=O) groups is 3. The number of carboxylic acid groups (broad SMARTS) is 2. The van der Waals surface area contributed by atoms with Crippen LogP contribution < -0.4 is 15.4 Å². The summed E-state index contributed by atoms with van der Waals surface area (Å²) in [6.07, 6.45) is -0.706. The molecule has 0 aliphatic carbocycles. The lowest BCUT2D eigenvalue weighted by Crippen LogP contribution is -2.38. The molecule has 1 aromatic rings. The quantitative estimate of drug-likeness (QED) is 0.187. The maximum absolute atomic E-state index is 11.3. The molecule has 29 heavy (non-hydrogen) atoms. The molecular weight excluding hydrogens is 388 g/mol. The molecule has 0 saturated heterocycles. The second kappa shape index (κ2) is 14.2. The van der Waals surface area contributed by atoms with E-state index >= 15 is 0 Å². The number of phenols is 1. The summed E-state index contributed by atoms with van der Waals surface area (Å²) in [7, 11) is 0. The zero-order chi connectivity index (χ0) is 22.4. The summed E-state index contributed by atoms with van der Waals surface area (Å²) in [6.45, 7) is 4.86. The monoisotopic (exact) mass is 416 g/mol. The van der Waals surface area contributed by atoms with Crippen molar-refractivity contribution in [1.82, 2.24) is 10.6 Å². The van der Waals surface area contributed by atoms with Gasteiger partial charge in [0.1, 0.15) is 24.2 Å². The highest BCUT2D eigenvalue weighted by Crippen LogP contribution is 2.22. The first-order chi connectivity index (χ1) is 13.6. The lowest BCUT2D eigenvalue weighted by atomic mass is 10.2. The predicted molar refractivity (Wildman–Crippen MR) is 102 cm³/mol. The number of aliphatic hydroxyl groups is 2. The molecule has 0 fully saturated rings. The highest BCUT2D eigenvalue weighted by molar-refractivity contribution is 6.27. The number of carboxylic acids is 2. The van der Waals surface area contributed by atoms with Crippen LogP contribution in [0.25, 0.3) is 0 Å². The number of nitrogens with one attached hydrogen (secondary N) is 2. The van der Waals surface area contributed by atoms with Crippen LogP contribution in [0.1, 0.15) is 19.4 Å². The molecule has 0 heterocycles. The second-order valence-electron chi connectivity index (χ2n) is 6.17. The minimum atomic E-state index is -1.82. The number of hydrogen-bond donors (Lipinski definition) is 7. The standard InChI is InChI=1S/C16H26N2O5.C2H2O4/c1-11(2)16(22)18-6-5-17-8-13(20)10-23-14-3-4-15(21)12(7-14)9-19;3-1(4)2(5)6/h3-4,7,11,13,17,19-21H,5-6,8-10H2,1-2H3,(H,18,22);(H,3,4)(H,5,6). The lowest BCUT2D eigenvalue weighted by molar-refractivity contribution is -0.159. The van der Waals surface area contributed by atoms with E-state index in [-0.39, 0.29) is 30.8 Å². The third-order valence-corrected chi connectivity index (χ3v) is 3.35. The Morgan fingerprint density at radius 2 is 1.72 bits per heavy atom. The number of hydrogen-bond acceptors (Lipinski definition) is 8. The summed E-state index contributed by atoms with van der Waals surface area (Å²) in [5.41, 5.74) is 0.371. The topological polar surface area (TPSA) is 186 Å². The van der Waals surface area contributed by atoms with Gasteiger partial charge < -0.3 is 40.9 Å². The van der Waals surface area contributed by atoms with Gasteiger partial charge in [0.25, 0.3) is 0 Å². The highest BCUT2D eigenvalue weighted by Gasteiger charge is 2.08. The number of carbonyl (C=O) groups excluding carboxylic acids is 1. The Hall–Kier alpha value is -2.89. The van der Waals surface area contributed by atoms with Crippen LogP contribution in [-0.4, -0.2) is 75.7 Å². The molecule has 0 spiro atoms. The van der Waals surface area contributed by atoms with E-state index in [0.717, 1.165) is 0 Å². The number of aliphatic hydroxyl groups excluding tert-OH is 2. The Morgan fingerprint density at radius 1 is 1.10 bits per heavy atom. The van der Waals surface area contributed by atoms with Gasteiger partial charge in [0, 0.05) is 31.1 Å². The summed E-state index contributed by atoms with van der Waals surface area (Å²) < 4.78 is 5.41. The number of benzene rings is 1. The summed E-state index contributed by atoms with van der Waals surface area (Å²) in [5.74, 6) is -3.21. The zero-order valence-electron chi connectivity index (χ0n) is 16.3.